The number of hydrogen-bond acceptors (Lipinski definition) is 2. The van der Waals surface area contributed by atoms with Crippen LogP contribution < -0.4 is 0 Å². The van der Waals surface area contributed by atoms with Crippen molar-refractivity contribution in [3.8, 4) is 0 Å². The summed E-state index contributed by atoms with van der Waals surface area (Å²) in [5.41, 5.74) is 0. The van der Waals surface area contributed by atoms with Gasteiger partial charge in [0.15, 0.2) is 6.80 Å². The van der Waals surface area contributed by atoms with Crippen LogP contribution >= 0.6 is 11.9 Å². The normalized spacial score (nSPS) is 11.1. The maximum absolute atomic E-state index is 12.4. The van der Waals surface area contributed by atoms with Gasteiger partial charge >= 0.3 is 0 Å². The average Bonchev–Trinajstić information content (AvgIpc) is 2.17. The second-order valence-electron chi connectivity index (χ2n) is 3.22. The van der Waals surface area contributed by atoms with Crippen molar-refractivity contribution in [2.75, 3.05) is 19.1 Å². The van der Waals surface area contributed by atoms with Gasteiger partial charge in [-0.25, -0.2) is 8.70 Å². The molecule has 0 heterocycles. The maximum atomic E-state index is 12.4. The number of halogens is 1. The second-order valence-corrected chi connectivity index (χ2v) is 4.40. The SMILES string of the molecule is CCCCCSN(CF)CCCC. The number of rotatable bonds is 9. The smallest absolute Gasteiger partial charge is 0.151 e. The number of hydrogen-bond donors (Lipinski definition) is 0. The van der Waals surface area contributed by atoms with E-state index in [4.69, 9.17) is 0 Å². The number of alkyl halides is 1. The van der Waals surface area contributed by atoms with E-state index in [1.54, 1.807) is 11.9 Å². The molecule has 13 heavy (non-hydrogen) atoms. The van der Waals surface area contributed by atoms with E-state index < -0.39 is 0 Å². The lowest BCUT2D eigenvalue weighted by Crippen LogP contribution is -2.16. The van der Waals surface area contributed by atoms with Gasteiger partial charge in [0.2, 0.25) is 0 Å². The Morgan fingerprint density at radius 3 is 2.31 bits per heavy atom. The van der Waals surface area contributed by atoms with E-state index in [9.17, 15) is 4.39 Å². The molecule has 0 N–H and O–H groups in total. The molecule has 0 aromatic rings. The van der Waals surface area contributed by atoms with Gasteiger partial charge < -0.3 is 0 Å². The van der Waals surface area contributed by atoms with E-state index in [-0.39, 0.29) is 6.80 Å². The van der Waals surface area contributed by atoms with Crippen LogP contribution in [-0.4, -0.2) is 23.4 Å². The minimum atomic E-state index is -0.309. The van der Waals surface area contributed by atoms with E-state index in [0.717, 1.165) is 25.1 Å². The summed E-state index contributed by atoms with van der Waals surface area (Å²) in [6, 6.07) is 0. The Bertz CT molecular complexity index is 101. The molecule has 0 unspecified atom stereocenters. The lowest BCUT2D eigenvalue weighted by molar-refractivity contribution is 0.308. The van der Waals surface area contributed by atoms with E-state index in [1.807, 2.05) is 4.31 Å². The molecule has 1 nitrogen and oxygen atoms in total. The van der Waals surface area contributed by atoms with Crippen molar-refractivity contribution >= 4 is 11.9 Å². The number of unbranched alkanes of at least 4 members (excludes halogenated alkanes) is 3. The first-order chi connectivity index (χ1) is 6.35. The largest absolute Gasteiger partial charge is 0.233 e. The van der Waals surface area contributed by atoms with Crippen molar-refractivity contribution in [1.29, 1.82) is 0 Å². The minimum absolute atomic E-state index is 0.309. The third kappa shape index (κ3) is 8.57. The van der Waals surface area contributed by atoms with Gasteiger partial charge in [0.25, 0.3) is 0 Å². The molecule has 0 saturated carbocycles. The number of nitrogens with zero attached hydrogens (tertiary/aromatic N) is 1. The van der Waals surface area contributed by atoms with Gasteiger partial charge in [-0.2, -0.15) is 0 Å². The van der Waals surface area contributed by atoms with Gasteiger partial charge in [0.05, 0.1) is 0 Å². The summed E-state index contributed by atoms with van der Waals surface area (Å²) in [5.74, 6) is 1.07. The van der Waals surface area contributed by atoms with Crippen molar-refractivity contribution in [2.45, 2.75) is 46.0 Å². The Morgan fingerprint density at radius 2 is 1.77 bits per heavy atom. The van der Waals surface area contributed by atoms with Gasteiger partial charge in [-0.3, -0.25) is 0 Å². The Morgan fingerprint density at radius 1 is 1.08 bits per heavy atom. The van der Waals surface area contributed by atoms with Crippen LogP contribution in [0.2, 0.25) is 0 Å². The Hall–Kier alpha value is 0.240. The third-order valence-electron chi connectivity index (χ3n) is 1.92. The average molecular weight is 207 g/mol. The molecule has 0 aliphatic carbocycles. The molecular weight excluding hydrogens is 185 g/mol. The van der Waals surface area contributed by atoms with Crippen LogP contribution in [0.5, 0.6) is 0 Å². The van der Waals surface area contributed by atoms with Gasteiger partial charge in [0, 0.05) is 12.3 Å². The summed E-state index contributed by atoms with van der Waals surface area (Å²) < 4.78 is 14.2. The lowest BCUT2D eigenvalue weighted by Gasteiger charge is -2.16. The first-order valence-corrected chi connectivity index (χ1v) is 6.23. The molecule has 0 spiro atoms. The molecule has 0 fully saturated rings. The summed E-state index contributed by atoms with van der Waals surface area (Å²) in [5, 5.41) is 0. The summed E-state index contributed by atoms with van der Waals surface area (Å²) >= 11 is 1.66. The van der Waals surface area contributed by atoms with Crippen molar-refractivity contribution < 1.29 is 4.39 Å². The molecule has 0 aromatic carbocycles. The van der Waals surface area contributed by atoms with E-state index in [0.29, 0.717) is 0 Å². The molecule has 0 amide bonds. The first-order valence-electron chi connectivity index (χ1n) is 5.29. The molecule has 0 atom stereocenters. The summed E-state index contributed by atoms with van der Waals surface area (Å²) in [6.45, 7) is 4.91. The predicted octanol–water partition coefficient (Wildman–Crippen LogP) is 3.85. The van der Waals surface area contributed by atoms with Gasteiger partial charge in [-0.05, 0) is 12.8 Å². The van der Waals surface area contributed by atoms with Crippen LogP contribution in [0.1, 0.15) is 46.0 Å². The second kappa shape index (κ2) is 10.3. The molecule has 0 saturated heterocycles. The van der Waals surface area contributed by atoms with E-state index >= 15 is 0 Å². The zero-order valence-corrected chi connectivity index (χ0v) is 9.71. The predicted molar refractivity (Wildman–Crippen MR) is 59.6 cm³/mol. The van der Waals surface area contributed by atoms with Crippen LogP contribution in [-0.2, 0) is 0 Å². The molecule has 0 aliphatic heterocycles. The first kappa shape index (κ1) is 13.2. The standard InChI is InChI=1S/C10H22FNS/c1-3-5-7-9-13-12(10-11)8-6-4-2/h3-10H2,1-2H3. The quantitative estimate of drug-likeness (QED) is 0.321. The van der Waals surface area contributed by atoms with Gasteiger partial charge in [0.1, 0.15) is 0 Å². The van der Waals surface area contributed by atoms with Gasteiger partial charge in [-0.15, -0.1) is 0 Å². The van der Waals surface area contributed by atoms with Crippen LogP contribution in [0.25, 0.3) is 0 Å². The highest BCUT2D eigenvalue weighted by molar-refractivity contribution is 7.97. The van der Waals surface area contributed by atoms with E-state index in [1.165, 1.54) is 19.3 Å². The molecule has 0 rings (SSSR count). The van der Waals surface area contributed by atoms with Crippen molar-refractivity contribution in [3.05, 3.63) is 0 Å². The van der Waals surface area contributed by atoms with Crippen molar-refractivity contribution in [1.82, 2.24) is 4.31 Å². The lowest BCUT2D eigenvalue weighted by atomic mass is 10.3. The zero-order valence-electron chi connectivity index (χ0n) is 8.89. The van der Waals surface area contributed by atoms with Crippen LogP contribution in [0.4, 0.5) is 4.39 Å². The van der Waals surface area contributed by atoms with Crippen molar-refractivity contribution in [2.24, 2.45) is 0 Å². The monoisotopic (exact) mass is 207 g/mol. The van der Waals surface area contributed by atoms with Crippen molar-refractivity contribution in [3.63, 3.8) is 0 Å². The molecule has 3 heteroatoms. The molecule has 0 bridgehead atoms. The Labute approximate surface area is 86.2 Å². The molecule has 80 valence electrons. The van der Waals surface area contributed by atoms with Crippen LogP contribution in [0, 0.1) is 0 Å². The fraction of sp³-hybridized carbons (Fsp3) is 1.00. The summed E-state index contributed by atoms with van der Waals surface area (Å²) in [7, 11) is 0. The van der Waals surface area contributed by atoms with Gasteiger partial charge in [-0.1, -0.05) is 45.1 Å². The zero-order chi connectivity index (χ0) is 9.94. The highest BCUT2D eigenvalue weighted by Crippen LogP contribution is 2.13. The molecule has 0 aromatic heterocycles. The molecular formula is C10H22FNS. The minimum Gasteiger partial charge on any atom is -0.233 e. The van der Waals surface area contributed by atoms with Crippen LogP contribution in [0.3, 0.4) is 0 Å². The maximum Gasteiger partial charge on any atom is 0.151 e. The highest BCUT2D eigenvalue weighted by Gasteiger charge is 2.02. The fourth-order valence-corrected chi connectivity index (χ4v) is 1.96. The topological polar surface area (TPSA) is 3.24 Å². The fourth-order valence-electron chi connectivity index (χ4n) is 1.04. The Kier molecular flexibility index (Phi) is 10.5. The summed E-state index contributed by atoms with van der Waals surface area (Å²) in [4.78, 5) is 0. The molecule has 0 aliphatic rings. The highest BCUT2D eigenvalue weighted by atomic mass is 32.2. The Balaban J connectivity index is 3.25. The molecule has 0 radical (unpaired) electrons. The summed E-state index contributed by atoms with van der Waals surface area (Å²) in [6.07, 6.45) is 5.96. The third-order valence-corrected chi connectivity index (χ3v) is 3.03. The van der Waals surface area contributed by atoms with E-state index in [2.05, 4.69) is 13.8 Å². The van der Waals surface area contributed by atoms with Crippen LogP contribution in [0.15, 0.2) is 0 Å².